The van der Waals surface area contributed by atoms with E-state index in [0.717, 1.165) is 45.1 Å². The summed E-state index contributed by atoms with van der Waals surface area (Å²) < 4.78 is 10.3. The summed E-state index contributed by atoms with van der Waals surface area (Å²) in [6, 6.07) is 30.3. The van der Waals surface area contributed by atoms with Gasteiger partial charge in [0.05, 0.1) is 27.1 Å². The number of rotatable bonds is 9. The minimum absolute atomic E-state index is 0.0809. The van der Waals surface area contributed by atoms with Crippen LogP contribution in [-0.4, -0.2) is 26.0 Å². The third-order valence-electron chi connectivity index (χ3n) is 5.72. The monoisotopic (exact) mass is 480 g/mol. The van der Waals surface area contributed by atoms with Crippen molar-refractivity contribution in [2.45, 2.75) is 12.8 Å². The number of carbonyl (C=O) groups is 2. The molecule has 0 heterocycles. The zero-order valence-electron chi connectivity index (χ0n) is 20.3. The predicted molar refractivity (Wildman–Crippen MR) is 143 cm³/mol. The minimum Gasteiger partial charge on any atom is -0.497 e. The van der Waals surface area contributed by atoms with Crippen LogP contribution in [0.15, 0.2) is 97.1 Å². The van der Waals surface area contributed by atoms with Gasteiger partial charge in [-0.05, 0) is 70.8 Å². The first-order valence-corrected chi connectivity index (χ1v) is 11.6. The van der Waals surface area contributed by atoms with Gasteiger partial charge in [-0.15, -0.1) is 0 Å². The van der Waals surface area contributed by atoms with Crippen LogP contribution in [-0.2, 0) is 22.4 Å². The number of carbonyl (C=O) groups excluding carboxylic acids is 2. The molecule has 6 heteroatoms. The molecule has 0 bridgehead atoms. The lowest BCUT2D eigenvalue weighted by Crippen LogP contribution is -2.14. The third-order valence-corrected chi connectivity index (χ3v) is 5.72. The van der Waals surface area contributed by atoms with Crippen LogP contribution in [0.4, 0.5) is 11.4 Å². The van der Waals surface area contributed by atoms with Crippen molar-refractivity contribution in [1.29, 1.82) is 0 Å². The van der Waals surface area contributed by atoms with Crippen molar-refractivity contribution >= 4 is 23.2 Å². The highest BCUT2D eigenvalue weighted by Crippen LogP contribution is 2.24. The highest BCUT2D eigenvalue weighted by molar-refractivity contribution is 5.93. The first kappa shape index (κ1) is 24.5. The lowest BCUT2D eigenvalue weighted by Gasteiger charge is -2.09. The second kappa shape index (κ2) is 11.7. The fourth-order valence-electron chi connectivity index (χ4n) is 3.76. The number of hydrogen-bond donors (Lipinski definition) is 2. The van der Waals surface area contributed by atoms with Gasteiger partial charge in [-0.2, -0.15) is 0 Å². The molecule has 4 aromatic carbocycles. The lowest BCUT2D eigenvalue weighted by molar-refractivity contribution is -0.116. The van der Waals surface area contributed by atoms with Gasteiger partial charge in [0.15, 0.2) is 0 Å². The van der Waals surface area contributed by atoms with Gasteiger partial charge in [0.2, 0.25) is 11.8 Å². The quantitative estimate of drug-likeness (QED) is 0.321. The molecule has 0 aliphatic rings. The molecule has 4 aromatic rings. The molecule has 36 heavy (non-hydrogen) atoms. The Hall–Kier alpha value is -4.58. The second-order valence-corrected chi connectivity index (χ2v) is 8.30. The average Bonchev–Trinajstić information content (AvgIpc) is 2.90. The summed E-state index contributed by atoms with van der Waals surface area (Å²) in [5.41, 5.74) is 5.33. The maximum Gasteiger partial charge on any atom is 0.228 e. The van der Waals surface area contributed by atoms with E-state index in [9.17, 15) is 9.59 Å². The number of benzene rings is 4. The van der Waals surface area contributed by atoms with Crippen molar-refractivity contribution in [2.75, 3.05) is 24.9 Å². The summed E-state index contributed by atoms with van der Waals surface area (Å²) in [7, 11) is 3.23. The number of ether oxygens (including phenoxy) is 2. The fourth-order valence-corrected chi connectivity index (χ4v) is 3.76. The van der Waals surface area contributed by atoms with Crippen LogP contribution in [0.5, 0.6) is 11.5 Å². The van der Waals surface area contributed by atoms with E-state index >= 15 is 0 Å². The Morgan fingerprint density at radius 3 is 1.17 bits per heavy atom. The summed E-state index contributed by atoms with van der Waals surface area (Å²) in [6.07, 6.45) is 0.578. The number of methoxy groups -OCH3 is 2. The molecule has 0 unspecified atom stereocenters. The van der Waals surface area contributed by atoms with E-state index in [1.54, 1.807) is 14.2 Å². The third kappa shape index (κ3) is 6.73. The summed E-state index contributed by atoms with van der Waals surface area (Å²) in [4.78, 5) is 24.8. The van der Waals surface area contributed by atoms with Crippen molar-refractivity contribution < 1.29 is 19.1 Å². The number of anilines is 2. The molecule has 0 aliphatic heterocycles. The zero-order valence-corrected chi connectivity index (χ0v) is 20.3. The SMILES string of the molecule is COc1ccc(CC(=O)Nc2ccc(-c3ccc(NC(=O)Cc4ccc(OC)cc4)cc3)cc2)cc1. The standard InChI is InChI=1S/C30H28N2O4/c1-35-27-15-3-21(4-16-27)19-29(33)31-25-11-7-23(8-12-25)24-9-13-26(14-10-24)32-30(34)20-22-5-17-28(36-2)18-6-22/h3-18H,19-20H2,1-2H3,(H,31,33)(H,32,34). The van der Waals surface area contributed by atoms with Crippen molar-refractivity contribution in [3.8, 4) is 22.6 Å². The molecule has 0 saturated carbocycles. The Morgan fingerprint density at radius 2 is 0.861 bits per heavy atom. The summed E-state index contributed by atoms with van der Waals surface area (Å²) in [5.74, 6) is 1.36. The van der Waals surface area contributed by atoms with E-state index in [1.165, 1.54) is 0 Å². The maximum atomic E-state index is 12.4. The Morgan fingerprint density at radius 1 is 0.528 bits per heavy atom. The van der Waals surface area contributed by atoms with Crippen LogP contribution in [0, 0.1) is 0 Å². The van der Waals surface area contributed by atoms with Gasteiger partial charge in [-0.25, -0.2) is 0 Å². The summed E-state index contributed by atoms with van der Waals surface area (Å²) in [5, 5.41) is 5.86. The van der Waals surface area contributed by atoms with E-state index in [2.05, 4.69) is 10.6 Å². The predicted octanol–water partition coefficient (Wildman–Crippen LogP) is 5.73. The molecule has 2 N–H and O–H groups in total. The molecule has 0 aliphatic carbocycles. The van der Waals surface area contributed by atoms with Gasteiger partial charge < -0.3 is 20.1 Å². The Bertz CT molecular complexity index is 1190. The van der Waals surface area contributed by atoms with E-state index in [0.29, 0.717) is 0 Å². The van der Waals surface area contributed by atoms with Crippen molar-refractivity contribution in [3.05, 3.63) is 108 Å². The Labute approximate surface area is 210 Å². The molecule has 0 spiro atoms. The van der Waals surface area contributed by atoms with E-state index in [1.807, 2.05) is 97.1 Å². The topological polar surface area (TPSA) is 76.7 Å². The Kier molecular flexibility index (Phi) is 7.98. The molecule has 2 amide bonds. The summed E-state index contributed by atoms with van der Waals surface area (Å²) >= 11 is 0. The maximum absolute atomic E-state index is 12.4. The van der Waals surface area contributed by atoms with Crippen molar-refractivity contribution in [1.82, 2.24) is 0 Å². The highest BCUT2D eigenvalue weighted by Gasteiger charge is 2.07. The first-order valence-electron chi connectivity index (χ1n) is 11.6. The molecule has 0 aromatic heterocycles. The van der Waals surface area contributed by atoms with Gasteiger partial charge in [0.1, 0.15) is 11.5 Å². The zero-order chi connectivity index (χ0) is 25.3. The molecule has 0 radical (unpaired) electrons. The van der Waals surface area contributed by atoms with Crippen LogP contribution in [0.3, 0.4) is 0 Å². The fraction of sp³-hybridized carbons (Fsp3) is 0.133. The number of hydrogen-bond acceptors (Lipinski definition) is 4. The molecular weight excluding hydrogens is 452 g/mol. The molecular formula is C30H28N2O4. The molecule has 0 atom stereocenters. The number of amides is 2. The highest BCUT2D eigenvalue weighted by atomic mass is 16.5. The first-order chi connectivity index (χ1) is 17.5. The van der Waals surface area contributed by atoms with Gasteiger partial charge >= 0.3 is 0 Å². The minimum atomic E-state index is -0.0809. The average molecular weight is 481 g/mol. The number of nitrogens with one attached hydrogen (secondary N) is 2. The second-order valence-electron chi connectivity index (χ2n) is 8.30. The smallest absolute Gasteiger partial charge is 0.228 e. The van der Waals surface area contributed by atoms with Crippen LogP contribution in [0.2, 0.25) is 0 Å². The van der Waals surface area contributed by atoms with Crippen LogP contribution < -0.4 is 20.1 Å². The normalized spacial score (nSPS) is 10.4. The van der Waals surface area contributed by atoms with Crippen LogP contribution >= 0.6 is 0 Å². The Balaban J connectivity index is 1.30. The van der Waals surface area contributed by atoms with Crippen molar-refractivity contribution in [2.24, 2.45) is 0 Å². The van der Waals surface area contributed by atoms with E-state index in [4.69, 9.17) is 9.47 Å². The van der Waals surface area contributed by atoms with Gasteiger partial charge in [0, 0.05) is 11.4 Å². The van der Waals surface area contributed by atoms with Gasteiger partial charge in [-0.3, -0.25) is 9.59 Å². The van der Waals surface area contributed by atoms with Crippen LogP contribution in [0.1, 0.15) is 11.1 Å². The van der Waals surface area contributed by atoms with Crippen molar-refractivity contribution in [3.63, 3.8) is 0 Å². The molecule has 4 rings (SSSR count). The van der Waals surface area contributed by atoms with E-state index in [-0.39, 0.29) is 24.7 Å². The largest absolute Gasteiger partial charge is 0.497 e. The van der Waals surface area contributed by atoms with E-state index < -0.39 is 0 Å². The van der Waals surface area contributed by atoms with Gasteiger partial charge in [-0.1, -0.05) is 48.5 Å². The van der Waals surface area contributed by atoms with Crippen LogP contribution in [0.25, 0.3) is 11.1 Å². The van der Waals surface area contributed by atoms with Gasteiger partial charge in [0.25, 0.3) is 0 Å². The molecule has 0 saturated heterocycles. The summed E-state index contributed by atoms with van der Waals surface area (Å²) in [6.45, 7) is 0. The lowest BCUT2D eigenvalue weighted by atomic mass is 10.0. The molecule has 182 valence electrons. The molecule has 6 nitrogen and oxygen atoms in total. The molecule has 0 fully saturated rings.